The minimum Gasteiger partial charge on any atom is -0.497 e. The number of nitrogens with one attached hydrogen (secondary N) is 1. The van der Waals surface area contributed by atoms with Crippen molar-refractivity contribution in [1.82, 2.24) is 14.8 Å². The SMILES string of the molecule is COc1ccc(-n2c(C)nnc2SCC(=O)Nc2ccc([N+](=O)[O-])cc2C)cc1. The molecule has 0 bridgehead atoms. The summed E-state index contributed by atoms with van der Waals surface area (Å²) in [6, 6.07) is 11.8. The number of aryl methyl sites for hydroxylation is 2. The number of carbonyl (C=O) groups is 1. The van der Waals surface area contributed by atoms with Gasteiger partial charge in [0.15, 0.2) is 5.16 Å². The molecule has 0 saturated heterocycles. The number of non-ortho nitro benzene ring substituents is 1. The molecular weight excluding hydrogens is 394 g/mol. The molecule has 0 aliphatic rings. The van der Waals surface area contributed by atoms with Crippen LogP contribution in [0.5, 0.6) is 5.75 Å². The summed E-state index contributed by atoms with van der Waals surface area (Å²) >= 11 is 1.25. The highest BCUT2D eigenvalue weighted by Gasteiger charge is 2.15. The van der Waals surface area contributed by atoms with E-state index >= 15 is 0 Å². The highest BCUT2D eigenvalue weighted by molar-refractivity contribution is 7.99. The monoisotopic (exact) mass is 413 g/mol. The fraction of sp³-hybridized carbons (Fsp3) is 0.211. The summed E-state index contributed by atoms with van der Waals surface area (Å²) in [5.74, 6) is 1.31. The molecule has 0 spiro atoms. The molecule has 0 atom stereocenters. The smallest absolute Gasteiger partial charge is 0.269 e. The molecule has 1 aromatic heterocycles. The number of thioether (sulfide) groups is 1. The van der Waals surface area contributed by atoms with Crippen molar-refractivity contribution in [1.29, 1.82) is 0 Å². The zero-order valence-electron chi connectivity index (χ0n) is 16.1. The van der Waals surface area contributed by atoms with E-state index in [9.17, 15) is 14.9 Å². The summed E-state index contributed by atoms with van der Waals surface area (Å²) in [6.07, 6.45) is 0. The molecule has 29 heavy (non-hydrogen) atoms. The van der Waals surface area contributed by atoms with Gasteiger partial charge in [0, 0.05) is 23.5 Å². The lowest BCUT2D eigenvalue weighted by molar-refractivity contribution is -0.384. The van der Waals surface area contributed by atoms with Crippen molar-refractivity contribution >= 4 is 29.0 Å². The van der Waals surface area contributed by atoms with Crippen LogP contribution in [0.3, 0.4) is 0 Å². The molecule has 0 aliphatic heterocycles. The fourth-order valence-electron chi connectivity index (χ4n) is 2.68. The van der Waals surface area contributed by atoms with Crippen molar-refractivity contribution in [2.45, 2.75) is 19.0 Å². The van der Waals surface area contributed by atoms with Crippen LogP contribution in [0.4, 0.5) is 11.4 Å². The Balaban J connectivity index is 1.69. The van der Waals surface area contributed by atoms with E-state index in [1.165, 1.54) is 30.0 Å². The summed E-state index contributed by atoms with van der Waals surface area (Å²) in [7, 11) is 1.60. The van der Waals surface area contributed by atoms with Crippen molar-refractivity contribution in [2.75, 3.05) is 18.2 Å². The van der Waals surface area contributed by atoms with Gasteiger partial charge in [-0.3, -0.25) is 19.5 Å². The van der Waals surface area contributed by atoms with Gasteiger partial charge in [0.05, 0.1) is 17.8 Å². The van der Waals surface area contributed by atoms with Crippen LogP contribution in [-0.2, 0) is 4.79 Å². The second-order valence-corrected chi connectivity index (χ2v) is 7.10. The third-order valence-electron chi connectivity index (χ3n) is 4.15. The summed E-state index contributed by atoms with van der Waals surface area (Å²) in [4.78, 5) is 22.7. The molecular formula is C19H19N5O4S. The number of anilines is 1. The molecule has 0 aliphatic carbocycles. The maximum Gasteiger partial charge on any atom is 0.269 e. The Hall–Kier alpha value is -3.40. The van der Waals surface area contributed by atoms with E-state index in [1.54, 1.807) is 14.0 Å². The molecule has 150 valence electrons. The molecule has 3 rings (SSSR count). The number of nitrogens with zero attached hydrogens (tertiary/aromatic N) is 4. The van der Waals surface area contributed by atoms with Crippen LogP contribution in [0.25, 0.3) is 5.69 Å². The number of amides is 1. The Labute approximate surface area is 171 Å². The van der Waals surface area contributed by atoms with E-state index < -0.39 is 4.92 Å². The Morgan fingerprint density at radius 3 is 2.55 bits per heavy atom. The zero-order valence-corrected chi connectivity index (χ0v) is 16.9. The van der Waals surface area contributed by atoms with Gasteiger partial charge in [-0.15, -0.1) is 10.2 Å². The highest BCUT2D eigenvalue weighted by Crippen LogP contribution is 2.25. The molecule has 1 N–H and O–H groups in total. The number of aromatic nitrogens is 3. The van der Waals surface area contributed by atoms with Crippen LogP contribution in [-0.4, -0.2) is 38.5 Å². The van der Waals surface area contributed by atoms with Crippen LogP contribution < -0.4 is 10.1 Å². The number of hydrogen-bond acceptors (Lipinski definition) is 7. The molecule has 0 fully saturated rings. The number of nitro groups is 1. The first kappa shape index (κ1) is 20.3. The largest absolute Gasteiger partial charge is 0.497 e. The quantitative estimate of drug-likeness (QED) is 0.358. The van der Waals surface area contributed by atoms with Crippen molar-refractivity contribution in [3.05, 3.63) is 64.0 Å². The Morgan fingerprint density at radius 1 is 1.21 bits per heavy atom. The molecule has 9 nitrogen and oxygen atoms in total. The van der Waals surface area contributed by atoms with Gasteiger partial charge in [-0.1, -0.05) is 11.8 Å². The van der Waals surface area contributed by atoms with Crippen molar-refractivity contribution < 1.29 is 14.5 Å². The van der Waals surface area contributed by atoms with Gasteiger partial charge >= 0.3 is 0 Å². The zero-order chi connectivity index (χ0) is 21.0. The summed E-state index contributed by atoms with van der Waals surface area (Å²) in [5, 5.41) is 22.4. The first-order valence-corrected chi connectivity index (χ1v) is 9.61. The first-order chi connectivity index (χ1) is 13.9. The van der Waals surface area contributed by atoms with Gasteiger partial charge in [0.25, 0.3) is 5.69 Å². The standard InChI is InChI=1S/C19H19N5O4S/c1-12-10-15(24(26)27)6-9-17(12)20-18(25)11-29-19-22-21-13(2)23(19)14-4-7-16(28-3)8-5-14/h4-10H,11H2,1-3H3,(H,20,25). The molecule has 1 amide bonds. The first-order valence-electron chi connectivity index (χ1n) is 8.63. The molecule has 3 aromatic rings. The predicted molar refractivity (Wildman–Crippen MR) is 110 cm³/mol. The normalized spacial score (nSPS) is 10.6. The van der Waals surface area contributed by atoms with Crippen LogP contribution in [0.1, 0.15) is 11.4 Å². The molecule has 0 radical (unpaired) electrons. The van der Waals surface area contributed by atoms with E-state index in [1.807, 2.05) is 35.8 Å². The lowest BCUT2D eigenvalue weighted by atomic mass is 10.2. The third-order valence-corrected chi connectivity index (χ3v) is 5.08. The summed E-state index contributed by atoms with van der Waals surface area (Å²) in [6.45, 7) is 3.54. The Kier molecular flexibility index (Phi) is 6.13. The number of ether oxygens (including phenoxy) is 1. The lowest BCUT2D eigenvalue weighted by Crippen LogP contribution is -2.15. The fourth-order valence-corrected chi connectivity index (χ4v) is 3.48. The third kappa shape index (κ3) is 4.72. The molecule has 2 aromatic carbocycles. The van der Waals surface area contributed by atoms with Gasteiger partial charge < -0.3 is 10.1 Å². The summed E-state index contributed by atoms with van der Waals surface area (Å²) < 4.78 is 7.03. The topological polar surface area (TPSA) is 112 Å². The van der Waals surface area contributed by atoms with E-state index in [0.717, 1.165) is 11.4 Å². The van der Waals surface area contributed by atoms with E-state index in [-0.39, 0.29) is 17.3 Å². The van der Waals surface area contributed by atoms with Gasteiger partial charge in [-0.2, -0.15) is 0 Å². The maximum atomic E-state index is 12.4. The van der Waals surface area contributed by atoms with Crippen LogP contribution in [0, 0.1) is 24.0 Å². The van der Waals surface area contributed by atoms with Crippen molar-refractivity contribution in [3.63, 3.8) is 0 Å². The minimum atomic E-state index is -0.469. The number of benzene rings is 2. The average Bonchev–Trinajstić information content (AvgIpc) is 3.08. The number of nitro benzene ring substituents is 1. The number of hydrogen-bond donors (Lipinski definition) is 1. The Bertz CT molecular complexity index is 1050. The van der Waals surface area contributed by atoms with Crippen LogP contribution in [0.2, 0.25) is 0 Å². The molecule has 0 unspecified atom stereocenters. The van der Waals surface area contributed by atoms with Gasteiger partial charge in [0.1, 0.15) is 11.6 Å². The average molecular weight is 413 g/mol. The van der Waals surface area contributed by atoms with E-state index in [0.29, 0.717) is 22.2 Å². The molecule has 1 heterocycles. The minimum absolute atomic E-state index is 0.0158. The number of methoxy groups -OCH3 is 1. The van der Waals surface area contributed by atoms with E-state index in [2.05, 4.69) is 15.5 Å². The van der Waals surface area contributed by atoms with Gasteiger partial charge in [-0.25, -0.2) is 0 Å². The predicted octanol–water partition coefficient (Wildman–Crippen LogP) is 3.53. The number of carbonyl (C=O) groups excluding carboxylic acids is 1. The van der Waals surface area contributed by atoms with Gasteiger partial charge in [-0.05, 0) is 49.7 Å². The second-order valence-electron chi connectivity index (χ2n) is 6.16. The van der Waals surface area contributed by atoms with Crippen molar-refractivity contribution in [3.8, 4) is 11.4 Å². The second kappa shape index (κ2) is 8.74. The molecule has 10 heteroatoms. The highest BCUT2D eigenvalue weighted by atomic mass is 32.2. The van der Waals surface area contributed by atoms with Crippen molar-refractivity contribution in [2.24, 2.45) is 0 Å². The number of rotatable bonds is 7. The maximum absolute atomic E-state index is 12.4. The Morgan fingerprint density at radius 2 is 1.93 bits per heavy atom. The molecule has 0 saturated carbocycles. The van der Waals surface area contributed by atoms with Crippen LogP contribution in [0.15, 0.2) is 47.6 Å². The van der Waals surface area contributed by atoms with Crippen LogP contribution >= 0.6 is 11.8 Å². The summed E-state index contributed by atoms with van der Waals surface area (Å²) in [5.41, 5.74) is 2.00. The van der Waals surface area contributed by atoms with E-state index in [4.69, 9.17) is 4.74 Å². The lowest BCUT2D eigenvalue weighted by Gasteiger charge is -2.10. The van der Waals surface area contributed by atoms with Gasteiger partial charge in [0.2, 0.25) is 5.91 Å².